The minimum absolute atomic E-state index is 0.0117. The van der Waals surface area contributed by atoms with Crippen LogP contribution in [0.1, 0.15) is 53.8 Å². The van der Waals surface area contributed by atoms with Gasteiger partial charge in [0, 0.05) is 13.1 Å². The van der Waals surface area contributed by atoms with Gasteiger partial charge in [0.05, 0.1) is 35.9 Å². The number of piperidine rings is 1. The summed E-state index contributed by atoms with van der Waals surface area (Å²) in [5, 5.41) is 21.2. The quantitative estimate of drug-likeness (QED) is 0.614. The third-order valence-corrected chi connectivity index (χ3v) is 7.18. The predicted molar refractivity (Wildman–Crippen MR) is 128 cm³/mol. The van der Waals surface area contributed by atoms with E-state index in [1.165, 1.54) is 22.8 Å². The van der Waals surface area contributed by atoms with E-state index in [2.05, 4.69) is 28.6 Å². The van der Waals surface area contributed by atoms with Gasteiger partial charge in [-0.25, -0.2) is 4.98 Å². The Morgan fingerprint density at radius 1 is 1.09 bits per heavy atom. The highest BCUT2D eigenvalue weighted by molar-refractivity contribution is 5.97. The number of aromatic nitrogens is 2. The molecule has 0 aliphatic carbocycles. The molecule has 2 atom stereocenters. The molecule has 2 unspecified atom stereocenters. The van der Waals surface area contributed by atoms with Crippen molar-refractivity contribution in [1.82, 2.24) is 14.5 Å². The molecule has 33 heavy (non-hydrogen) atoms. The SMILES string of the molecule is CC1=C(c2ccccc2)C(CC(O)C2CCN(C(=O)c3ccccc3O)CC2)n2cncc21. The number of phenols is 1. The Kier molecular flexibility index (Phi) is 5.77. The molecule has 2 aliphatic heterocycles. The number of aliphatic hydroxyl groups is 1. The lowest BCUT2D eigenvalue weighted by molar-refractivity contribution is 0.0401. The number of hydrogen-bond donors (Lipinski definition) is 2. The first-order valence-corrected chi connectivity index (χ1v) is 11.6. The van der Waals surface area contributed by atoms with Crippen LogP contribution in [0.4, 0.5) is 0 Å². The Morgan fingerprint density at radius 3 is 2.52 bits per heavy atom. The number of imidazole rings is 1. The second-order valence-corrected chi connectivity index (χ2v) is 9.06. The Hall–Kier alpha value is -3.38. The molecule has 0 radical (unpaired) electrons. The Balaban J connectivity index is 1.28. The summed E-state index contributed by atoms with van der Waals surface area (Å²) in [6, 6.07) is 17.1. The van der Waals surface area contributed by atoms with Gasteiger partial charge in [-0.15, -0.1) is 0 Å². The number of rotatable bonds is 5. The summed E-state index contributed by atoms with van der Waals surface area (Å²) in [7, 11) is 0. The zero-order chi connectivity index (χ0) is 22.9. The normalized spacial score (nSPS) is 19.6. The van der Waals surface area contributed by atoms with Gasteiger partial charge in [-0.2, -0.15) is 0 Å². The number of allylic oxidation sites excluding steroid dienone is 2. The maximum atomic E-state index is 12.8. The smallest absolute Gasteiger partial charge is 0.257 e. The number of amides is 1. The number of fused-ring (bicyclic) bond motifs is 1. The summed E-state index contributed by atoms with van der Waals surface area (Å²) in [5.74, 6) is -0.00856. The number of nitrogens with zero attached hydrogens (tertiary/aromatic N) is 3. The molecule has 6 nitrogen and oxygen atoms in total. The van der Waals surface area contributed by atoms with Crippen molar-refractivity contribution in [2.75, 3.05) is 13.1 Å². The van der Waals surface area contributed by atoms with E-state index in [4.69, 9.17) is 0 Å². The van der Waals surface area contributed by atoms with Gasteiger partial charge in [-0.1, -0.05) is 42.5 Å². The van der Waals surface area contributed by atoms with Crippen LogP contribution in [-0.2, 0) is 0 Å². The first-order valence-electron chi connectivity index (χ1n) is 11.6. The first-order chi connectivity index (χ1) is 16.0. The Morgan fingerprint density at radius 2 is 1.79 bits per heavy atom. The number of benzene rings is 2. The summed E-state index contributed by atoms with van der Waals surface area (Å²) >= 11 is 0. The molecule has 170 valence electrons. The number of likely N-dealkylation sites (tertiary alicyclic amines) is 1. The van der Waals surface area contributed by atoms with Gasteiger partial charge < -0.3 is 19.7 Å². The van der Waals surface area contributed by atoms with Gasteiger partial charge in [0.2, 0.25) is 0 Å². The van der Waals surface area contributed by atoms with Crippen LogP contribution in [0.15, 0.2) is 67.1 Å². The van der Waals surface area contributed by atoms with Crippen molar-refractivity contribution in [3.8, 4) is 5.75 Å². The standard InChI is InChI=1S/C27H29N3O3/c1-18-23-16-28-17-30(23)22(26(18)20-7-3-2-4-8-20)15-25(32)19-11-13-29(14-12-19)27(33)21-9-5-6-10-24(21)31/h2-10,16-17,19,22,25,31-32H,11-15H2,1H3. The fraction of sp³-hybridized carbons (Fsp3) is 0.333. The van der Waals surface area contributed by atoms with Crippen molar-refractivity contribution in [3.63, 3.8) is 0 Å². The van der Waals surface area contributed by atoms with E-state index in [-0.39, 0.29) is 23.6 Å². The lowest BCUT2D eigenvalue weighted by Gasteiger charge is -2.35. The molecule has 2 aromatic carbocycles. The highest BCUT2D eigenvalue weighted by Crippen LogP contribution is 2.45. The molecule has 2 N–H and O–H groups in total. The van der Waals surface area contributed by atoms with Crippen LogP contribution in [0.2, 0.25) is 0 Å². The molecular formula is C27H29N3O3. The highest BCUT2D eigenvalue weighted by atomic mass is 16.3. The highest BCUT2D eigenvalue weighted by Gasteiger charge is 2.35. The molecule has 1 aromatic heterocycles. The van der Waals surface area contributed by atoms with Crippen molar-refractivity contribution in [1.29, 1.82) is 0 Å². The van der Waals surface area contributed by atoms with Crippen molar-refractivity contribution in [3.05, 3.63) is 83.9 Å². The molecular weight excluding hydrogens is 414 g/mol. The second kappa shape index (κ2) is 8.87. The first kappa shape index (κ1) is 21.5. The minimum Gasteiger partial charge on any atom is -0.507 e. The minimum atomic E-state index is -0.475. The van der Waals surface area contributed by atoms with Crippen LogP contribution >= 0.6 is 0 Å². The van der Waals surface area contributed by atoms with Crippen LogP contribution in [-0.4, -0.2) is 49.8 Å². The van der Waals surface area contributed by atoms with Gasteiger partial charge >= 0.3 is 0 Å². The average Bonchev–Trinajstić information content (AvgIpc) is 3.42. The van der Waals surface area contributed by atoms with Crippen LogP contribution in [0, 0.1) is 5.92 Å². The van der Waals surface area contributed by atoms with Crippen LogP contribution in [0.5, 0.6) is 5.75 Å². The molecule has 3 aromatic rings. The maximum Gasteiger partial charge on any atom is 0.257 e. The number of carbonyl (C=O) groups is 1. The molecule has 1 amide bonds. The van der Waals surface area contributed by atoms with E-state index in [0.717, 1.165) is 18.5 Å². The number of para-hydroxylation sites is 1. The van der Waals surface area contributed by atoms with Gasteiger partial charge in [0.1, 0.15) is 5.75 Å². The zero-order valence-corrected chi connectivity index (χ0v) is 18.8. The fourth-order valence-electron chi connectivity index (χ4n) is 5.36. The van der Waals surface area contributed by atoms with E-state index in [0.29, 0.717) is 25.1 Å². The number of carbonyl (C=O) groups excluding carboxylic acids is 1. The molecule has 1 fully saturated rings. The Labute approximate surface area is 193 Å². The van der Waals surface area contributed by atoms with Crippen LogP contribution in [0.25, 0.3) is 11.1 Å². The largest absolute Gasteiger partial charge is 0.507 e. The monoisotopic (exact) mass is 443 g/mol. The summed E-state index contributed by atoms with van der Waals surface area (Å²) in [6.07, 6.45) is 5.38. The average molecular weight is 444 g/mol. The lowest BCUT2D eigenvalue weighted by Crippen LogP contribution is -2.41. The van der Waals surface area contributed by atoms with E-state index >= 15 is 0 Å². The van der Waals surface area contributed by atoms with Crippen LogP contribution in [0.3, 0.4) is 0 Å². The summed E-state index contributed by atoms with van der Waals surface area (Å²) in [5.41, 5.74) is 5.08. The number of aromatic hydroxyl groups is 1. The third-order valence-electron chi connectivity index (χ3n) is 7.18. The molecule has 3 heterocycles. The molecule has 2 aliphatic rings. The summed E-state index contributed by atoms with van der Waals surface area (Å²) in [4.78, 5) is 18.9. The summed E-state index contributed by atoms with van der Waals surface area (Å²) in [6.45, 7) is 3.29. The number of phenolic OH excluding ortho intramolecular Hbond substituents is 1. The lowest BCUT2D eigenvalue weighted by atomic mass is 9.85. The van der Waals surface area contributed by atoms with E-state index in [9.17, 15) is 15.0 Å². The van der Waals surface area contributed by atoms with Gasteiger partial charge in [-0.05, 0) is 60.9 Å². The van der Waals surface area contributed by atoms with E-state index in [1.54, 1.807) is 23.1 Å². The number of hydrogen-bond acceptors (Lipinski definition) is 4. The maximum absolute atomic E-state index is 12.8. The van der Waals surface area contributed by atoms with E-state index < -0.39 is 6.10 Å². The topological polar surface area (TPSA) is 78.6 Å². The van der Waals surface area contributed by atoms with E-state index in [1.807, 2.05) is 30.7 Å². The molecule has 0 spiro atoms. The van der Waals surface area contributed by atoms with Crippen molar-refractivity contribution < 1.29 is 15.0 Å². The third kappa shape index (κ3) is 3.95. The fourth-order valence-corrected chi connectivity index (χ4v) is 5.36. The zero-order valence-electron chi connectivity index (χ0n) is 18.8. The Bertz CT molecular complexity index is 1180. The van der Waals surface area contributed by atoms with Gasteiger partial charge in [0.25, 0.3) is 5.91 Å². The predicted octanol–water partition coefficient (Wildman–Crippen LogP) is 4.38. The van der Waals surface area contributed by atoms with Crippen molar-refractivity contribution >= 4 is 17.1 Å². The van der Waals surface area contributed by atoms with Crippen molar-refractivity contribution in [2.45, 2.75) is 38.3 Å². The van der Waals surface area contributed by atoms with Gasteiger partial charge in [0.15, 0.2) is 0 Å². The number of aliphatic hydroxyl groups excluding tert-OH is 1. The molecule has 5 rings (SSSR count). The molecule has 0 saturated carbocycles. The second-order valence-electron chi connectivity index (χ2n) is 9.06. The van der Waals surface area contributed by atoms with Crippen molar-refractivity contribution in [2.24, 2.45) is 5.92 Å². The molecule has 0 bridgehead atoms. The van der Waals surface area contributed by atoms with Crippen LogP contribution < -0.4 is 0 Å². The molecule has 1 saturated heterocycles. The summed E-state index contributed by atoms with van der Waals surface area (Å²) < 4.78 is 2.18. The molecule has 6 heteroatoms. The van der Waals surface area contributed by atoms with Gasteiger partial charge in [-0.3, -0.25) is 4.79 Å².